The second-order valence-electron chi connectivity index (χ2n) is 4.37. The predicted octanol–water partition coefficient (Wildman–Crippen LogP) is 1.86. The van der Waals surface area contributed by atoms with E-state index in [1.165, 1.54) is 11.0 Å². The second kappa shape index (κ2) is 7.99. The van der Waals surface area contributed by atoms with Gasteiger partial charge < -0.3 is 14.7 Å². The van der Waals surface area contributed by atoms with Crippen LogP contribution < -0.4 is 4.74 Å². The van der Waals surface area contributed by atoms with E-state index in [9.17, 15) is 9.59 Å². The summed E-state index contributed by atoms with van der Waals surface area (Å²) < 4.78 is 5.44. The Hall–Kier alpha value is -2.30. The van der Waals surface area contributed by atoms with Gasteiger partial charge in [0.1, 0.15) is 12.3 Å². The molecule has 1 amide bonds. The topological polar surface area (TPSA) is 66.8 Å². The lowest BCUT2D eigenvalue weighted by Gasteiger charge is -2.18. The van der Waals surface area contributed by atoms with Gasteiger partial charge in [0.15, 0.2) is 0 Å². The van der Waals surface area contributed by atoms with E-state index in [1.54, 1.807) is 0 Å². The normalized spacial score (nSPS) is 9.85. The van der Waals surface area contributed by atoms with Gasteiger partial charge in [0.25, 0.3) is 0 Å². The highest BCUT2D eigenvalue weighted by molar-refractivity contribution is 5.81. The number of ether oxygens (including phenoxy) is 1. The molecule has 20 heavy (non-hydrogen) atoms. The van der Waals surface area contributed by atoms with Crippen LogP contribution in [0.2, 0.25) is 0 Å². The molecule has 0 saturated carbocycles. The second-order valence-corrected chi connectivity index (χ2v) is 4.37. The van der Waals surface area contributed by atoms with Gasteiger partial charge in [-0.1, -0.05) is 23.8 Å². The van der Waals surface area contributed by atoms with Crippen molar-refractivity contribution < 1.29 is 19.4 Å². The first kappa shape index (κ1) is 15.8. The number of aliphatic carboxylic acids is 1. The number of hydrogen-bond acceptors (Lipinski definition) is 3. The molecule has 1 N–H and O–H groups in total. The molecule has 0 fully saturated rings. The van der Waals surface area contributed by atoms with Crippen molar-refractivity contribution in [2.24, 2.45) is 0 Å². The monoisotopic (exact) mass is 277 g/mol. The maximum atomic E-state index is 11.8. The summed E-state index contributed by atoms with van der Waals surface area (Å²) in [5.74, 6) is -0.615. The van der Waals surface area contributed by atoms with Gasteiger partial charge in [-0.05, 0) is 19.1 Å². The lowest BCUT2D eigenvalue weighted by molar-refractivity contribution is -0.144. The average Bonchev–Trinajstić information content (AvgIpc) is 2.40. The molecule has 1 aromatic carbocycles. The molecule has 0 aliphatic rings. The van der Waals surface area contributed by atoms with E-state index < -0.39 is 5.97 Å². The van der Waals surface area contributed by atoms with Gasteiger partial charge in [0, 0.05) is 6.54 Å². The minimum Gasteiger partial charge on any atom is -0.493 e. The van der Waals surface area contributed by atoms with E-state index in [4.69, 9.17) is 9.84 Å². The molecule has 5 heteroatoms. The smallest absolute Gasteiger partial charge is 0.323 e. The Bertz CT molecular complexity index is 467. The van der Waals surface area contributed by atoms with Crippen LogP contribution in [0.15, 0.2) is 36.9 Å². The highest BCUT2D eigenvalue weighted by atomic mass is 16.5. The molecule has 5 nitrogen and oxygen atoms in total. The number of carbonyl (C=O) groups excluding carboxylic acids is 1. The molecule has 0 heterocycles. The summed E-state index contributed by atoms with van der Waals surface area (Å²) in [6, 6.07) is 7.51. The fourth-order valence-electron chi connectivity index (χ4n) is 1.62. The minimum absolute atomic E-state index is 0.134. The van der Waals surface area contributed by atoms with E-state index in [2.05, 4.69) is 6.58 Å². The third kappa shape index (κ3) is 5.56. The molecule has 0 aromatic heterocycles. The molecule has 108 valence electrons. The van der Waals surface area contributed by atoms with Crippen LogP contribution in [-0.2, 0) is 9.59 Å². The lowest BCUT2D eigenvalue weighted by atomic mass is 10.2. The van der Waals surface area contributed by atoms with Gasteiger partial charge in [0.05, 0.1) is 13.0 Å². The third-order valence-electron chi connectivity index (χ3n) is 2.63. The van der Waals surface area contributed by atoms with Gasteiger partial charge in [-0.3, -0.25) is 9.59 Å². The Morgan fingerprint density at radius 1 is 1.35 bits per heavy atom. The van der Waals surface area contributed by atoms with E-state index in [0.29, 0.717) is 5.75 Å². The summed E-state index contributed by atoms with van der Waals surface area (Å²) in [5, 5.41) is 8.73. The predicted molar refractivity (Wildman–Crippen MR) is 75.7 cm³/mol. The highest BCUT2D eigenvalue weighted by Crippen LogP contribution is 2.11. The molecular weight excluding hydrogens is 258 g/mol. The molecule has 0 unspecified atom stereocenters. The number of carboxylic acids is 1. The third-order valence-corrected chi connectivity index (χ3v) is 2.63. The van der Waals surface area contributed by atoms with Crippen LogP contribution in [0.5, 0.6) is 5.75 Å². The first-order chi connectivity index (χ1) is 9.52. The fraction of sp³-hybridized carbons (Fsp3) is 0.333. The van der Waals surface area contributed by atoms with Crippen molar-refractivity contribution in [3.05, 3.63) is 42.5 Å². The first-order valence-electron chi connectivity index (χ1n) is 6.33. The molecule has 0 spiro atoms. The Balaban J connectivity index is 2.42. The summed E-state index contributed by atoms with van der Waals surface area (Å²) in [6.07, 6.45) is 1.64. The number of aryl methyl sites for hydroxylation is 1. The molecular formula is C15H19NO4. The van der Waals surface area contributed by atoms with E-state index in [0.717, 1.165) is 5.56 Å². The standard InChI is InChI=1S/C15H19NO4/c1-3-9-16(11-15(18)19)14(17)8-10-20-13-6-4-12(2)5-7-13/h3-7H,1,8-11H2,2H3,(H,18,19). The van der Waals surface area contributed by atoms with E-state index in [1.807, 2.05) is 31.2 Å². The number of benzene rings is 1. The maximum Gasteiger partial charge on any atom is 0.323 e. The van der Waals surface area contributed by atoms with Crippen molar-refractivity contribution in [2.45, 2.75) is 13.3 Å². The summed E-state index contributed by atoms with van der Waals surface area (Å²) in [7, 11) is 0. The van der Waals surface area contributed by atoms with Crippen molar-refractivity contribution >= 4 is 11.9 Å². The Morgan fingerprint density at radius 3 is 2.55 bits per heavy atom. The Kier molecular flexibility index (Phi) is 6.29. The van der Waals surface area contributed by atoms with Gasteiger partial charge in [-0.2, -0.15) is 0 Å². The SMILES string of the molecule is C=CCN(CC(=O)O)C(=O)CCOc1ccc(C)cc1. The molecule has 0 radical (unpaired) electrons. The van der Waals surface area contributed by atoms with Crippen LogP contribution in [0.4, 0.5) is 0 Å². The Labute approximate surface area is 118 Å². The summed E-state index contributed by atoms with van der Waals surface area (Å²) >= 11 is 0. The number of hydrogen-bond donors (Lipinski definition) is 1. The molecule has 1 rings (SSSR count). The largest absolute Gasteiger partial charge is 0.493 e. The average molecular weight is 277 g/mol. The Morgan fingerprint density at radius 2 is 2.00 bits per heavy atom. The van der Waals surface area contributed by atoms with Crippen LogP contribution in [0, 0.1) is 6.92 Å². The summed E-state index contributed by atoms with van der Waals surface area (Å²) in [6.45, 7) is 5.60. The van der Waals surface area contributed by atoms with Crippen LogP contribution in [-0.4, -0.2) is 41.6 Å². The molecule has 0 saturated heterocycles. The maximum absolute atomic E-state index is 11.8. The van der Waals surface area contributed by atoms with Crippen LogP contribution >= 0.6 is 0 Å². The minimum atomic E-state index is -1.04. The van der Waals surface area contributed by atoms with Crippen LogP contribution in [0.25, 0.3) is 0 Å². The van der Waals surface area contributed by atoms with E-state index >= 15 is 0 Å². The van der Waals surface area contributed by atoms with Gasteiger partial charge in [-0.15, -0.1) is 6.58 Å². The van der Waals surface area contributed by atoms with Crippen molar-refractivity contribution in [3.8, 4) is 5.75 Å². The number of amides is 1. The zero-order valence-electron chi connectivity index (χ0n) is 11.5. The quantitative estimate of drug-likeness (QED) is 0.737. The zero-order chi connectivity index (χ0) is 15.0. The molecule has 0 aliphatic carbocycles. The molecule has 0 atom stereocenters. The molecule has 0 aliphatic heterocycles. The number of carboxylic acid groups (broad SMARTS) is 1. The van der Waals surface area contributed by atoms with Crippen molar-refractivity contribution in [2.75, 3.05) is 19.7 Å². The summed E-state index contributed by atoms with van der Waals surface area (Å²) in [5.41, 5.74) is 1.13. The van der Waals surface area contributed by atoms with Crippen LogP contribution in [0.3, 0.4) is 0 Å². The van der Waals surface area contributed by atoms with Crippen LogP contribution in [0.1, 0.15) is 12.0 Å². The number of rotatable bonds is 8. The van der Waals surface area contributed by atoms with Crippen molar-refractivity contribution in [1.82, 2.24) is 4.90 Å². The van der Waals surface area contributed by atoms with Gasteiger partial charge in [0.2, 0.25) is 5.91 Å². The number of nitrogens with zero attached hydrogens (tertiary/aromatic N) is 1. The molecule has 0 bridgehead atoms. The van der Waals surface area contributed by atoms with Gasteiger partial charge in [-0.25, -0.2) is 0 Å². The van der Waals surface area contributed by atoms with Crippen molar-refractivity contribution in [1.29, 1.82) is 0 Å². The summed E-state index contributed by atoms with van der Waals surface area (Å²) in [4.78, 5) is 23.7. The molecule has 1 aromatic rings. The zero-order valence-corrected chi connectivity index (χ0v) is 11.5. The highest BCUT2D eigenvalue weighted by Gasteiger charge is 2.15. The van der Waals surface area contributed by atoms with Gasteiger partial charge >= 0.3 is 5.97 Å². The first-order valence-corrected chi connectivity index (χ1v) is 6.33. The number of carbonyl (C=O) groups is 2. The van der Waals surface area contributed by atoms with Crippen molar-refractivity contribution in [3.63, 3.8) is 0 Å². The van der Waals surface area contributed by atoms with E-state index in [-0.39, 0.29) is 32.0 Å². The fourth-order valence-corrected chi connectivity index (χ4v) is 1.62. The lowest BCUT2D eigenvalue weighted by Crippen LogP contribution is -2.36.